The van der Waals surface area contributed by atoms with E-state index in [9.17, 15) is 9.59 Å². The van der Waals surface area contributed by atoms with Gasteiger partial charge in [-0.05, 0) is 55.8 Å². The van der Waals surface area contributed by atoms with Crippen LogP contribution in [0.15, 0.2) is 61.9 Å². The largest absolute Gasteiger partial charge is 0.497 e. The van der Waals surface area contributed by atoms with Crippen molar-refractivity contribution in [1.82, 2.24) is 4.57 Å². The zero-order valence-corrected chi connectivity index (χ0v) is 22.9. The molecule has 0 bridgehead atoms. The number of aromatic nitrogens is 1. The molecular formula is C26H25BrN2O6S. The minimum atomic E-state index is -0.794. The van der Waals surface area contributed by atoms with E-state index in [1.54, 1.807) is 52.3 Å². The Morgan fingerprint density at radius 2 is 1.81 bits per heavy atom. The third kappa shape index (κ3) is 4.70. The molecule has 1 aliphatic rings. The highest BCUT2D eigenvalue weighted by atomic mass is 79.9. The smallest absolute Gasteiger partial charge is 0.338 e. The fourth-order valence-corrected chi connectivity index (χ4v) is 5.43. The van der Waals surface area contributed by atoms with Gasteiger partial charge in [-0.25, -0.2) is 9.79 Å². The Bertz CT molecular complexity index is 1540. The van der Waals surface area contributed by atoms with Crippen LogP contribution in [0.3, 0.4) is 0 Å². The van der Waals surface area contributed by atoms with Crippen molar-refractivity contribution in [2.24, 2.45) is 4.99 Å². The summed E-state index contributed by atoms with van der Waals surface area (Å²) in [6.45, 7) is 3.67. The average Bonchev–Trinajstić information content (AvgIpc) is 3.18. The van der Waals surface area contributed by atoms with E-state index in [2.05, 4.69) is 20.9 Å². The molecule has 0 saturated heterocycles. The molecule has 8 nitrogen and oxygen atoms in total. The van der Waals surface area contributed by atoms with Crippen molar-refractivity contribution in [1.29, 1.82) is 0 Å². The van der Waals surface area contributed by atoms with Gasteiger partial charge >= 0.3 is 5.97 Å². The molecule has 188 valence electrons. The van der Waals surface area contributed by atoms with Crippen molar-refractivity contribution >= 4 is 39.3 Å². The second-order valence-electron chi connectivity index (χ2n) is 7.80. The highest BCUT2D eigenvalue weighted by Gasteiger charge is 2.35. The number of halogens is 1. The number of nitrogens with zero attached hydrogens (tertiary/aromatic N) is 2. The van der Waals surface area contributed by atoms with E-state index in [1.165, 1.54) is 23.0 Å². The van der Waals surface area contributed by atoms with E-state index in [0.717, 1.165) is 10.0 Å². The van der Waals surface area contributed by atoms with Crippen LogP contribution >= 0.6 is 27.3 Å². The van der Waals surface area contributed by atoms with E-state index in [1.807, 2.05) is 18.2 Å². The van der Waals surface area contributed by atoms with Gasteiger partial charge in [-0.15, -0.1) is 0 Å². The number of ether oxygens (including phenoxy) is 4. The van der Waals surface area contributed by atoms with Crippen LogP contribution in [-0.2, 0) is 9.53 Å². The molecule has 0 spiro atoms. The first-order chi connectivity index (χ1) is 17.3. The van der Waals surface area contributed by atoms with Crippen LogP contribution in [0.1, 0.15) is 31.0 Å². The third-order valence-corrected chi connectivity index (χ3v) is 7.45. The van der Waals surface area contributed by atoms with Gasteiger partial charge in [-0.2, -0.15) is 0 Å². The number of methoxy groups -OCH3 is 3. The molecule has 2 heterocycles. The van der Waals surface area contributed by atoms with E-state index in [4.69, 9.17) is 18.9 Å². The molecule has 3 aromatic rings. The Hall–Kier alpha value is -3.37. The molecule has 2 aromatic carbocycles. The summed E-state index contributed by atoms with van der Waals surface area (Å²) < 4.78 is 24.5. The first kappa shape index (κ1) is 25.7. The predicted molar refractivity (Wildman–Crippen MR) is 141 cm³/mol. The molecule has 0 N–H and O–H groups in total. The van der Waals surface area contributed by atoms with Crippen molar-refractivity contribution in [2.45, 2.75) is 19.9 Å². The number of hydrogen-bond acceptors (Lipinski definition) is 8. The third-order valence-electron chi connectivity index (χ3n) is 5.74. The zero-order chi connectivity index (χ0) is 26.0. The van der Waals surface area contributed by atoms with Gasteiger partial charge in [0.1, 0.15) is 23.3 Å². The summed E-state index contributed by atoms with van der Waals surface area (Å²) >= 11 is 4.78. The average molecular weight is 573 g/mol. The second kappa shape index (κ2) is 10.7. The summed E-state index contributed by atoms with van der Waals surface area (Å²) in [5.41, 5.74) is 1.87. The van der Waals surface area contributed by atoms with Crippen LogP contribution < -0.4 is 29.1 Å². The molecule has 10 heteroatoms. The van der Waals surface area contributed by atoms with E-state index in [0.29, 0.717) is 37.8 Å². The summed E-state index contributed by atoms with van der Waals surface area (Å²) in [7, 11) is 4.67. The summed E-state index contributed by atoms with van der Waals surface area (Å²) in [4.78, 5) is 32.0. The van der Waals surface area contributed by atoms with Gasteiger partial charge in [0.05, 0.1) is 43.7 Å². The van der Waals surface area contributed by atoms with Crippen LogP contribution in [-0.4, -0.2) is 38.5 Å². The highest BCUT2D eigenvalue weighted by molar-refractivity contribution is 9.10. The Morgan fingerprint density at radius 1 is 1.11 bits per heavy atom. The lowest BCUT2D eigenvalue weighted by Crippen LogP contribution is -2.40. The SMILES string of the molecule is CCOC(=O)C1=C(C)N=c2s/c(=C\c3cc(OC)ccc3Br)c(=O)n2[C@@H]1c1ccc(OC)cc1OC. The van der Waals surface area contributed by atoms with Crippen LogP contribution in [0.5, 0.6) is 17.2 Å². The summed E-state index contributed by atoms with van der Waals surface area (Å²) in [5, 5.41) is 0. The molecule has 0 aliphatic carbocycles. The maximum absolute atomic E-state index is 13.8. The van der Waals surface area contributed by atoms with Crippen LogP contribution in [0.4, 0.5) is 0 Å². The lowest BCUT2D eigenvalue weighted by molar-refractivity contribution is -0.139. The summed E-state index contributed by atoms with van der Waals surface area (Å²) in [5.74, 6) is 1.19. The maximum Gasteiger partial charge on any atom is 0.338 e. The summed E-state index contributed by atoms with van der Waals surface area (Å²) in [6, 6.07) is 9.99. The molecule has 0 radical (unpaired) electrons. The Labute approximate surface area is 220 Å². The molecule has 1 aromatic heterocycles. The van der Waals surface area contributed by atoms with Gasteiger partial charge in [-0.1, -0.05) is 27.3 Å². The number of fused-ring (bicyclic) bond motifs is 1. The number of thiazole rings is 1. The van der Waals surface area contributed by atoms with Crippen molar-refractivity contribution in [3.8, 4) is 17.2 Å². The molecule has 0 unspecified atom stereocenters. The highest BCUT2D eigenvalue weighted by Crippen LogP contribution is 2.37. The van der Waals surface area contributed by atoms with Gasteiger partial charge in [0.25, 0.3) is 5.56 Å². The molecule has 0 amide bonds. The van der Waals surface area contributed by atoms with Crippen LogP contribution in [0.2, 0.25) is 0 Å². The Balaban J connectivity index is 2.00. The number of hydrogen-bond donors (Lipinski definition) is 0. The van der Waals surface area contributed by atoms with Crippen molar-refractivity contribution in [3.05, 3.63) is 83.0 Å². The lowest BCUT2D eigenvalue weighted by atomic mass is 9.95. The number of rotatable bonds is 7. The lowest BCUT2D eigenvalue weighted by Gasteiger charge is -2.26. The monoisotopic (exact) mass is 572 g/mol. The maximum atomic E-state index is 13.8. The standard InChI is InChI=1S/C26H25BrN2O6S/c1-6-35-25(31)22-14(2)28-26-29(23(22)18-9-7-17(33-4)13-20(18)34-5)24(30)21(36-26)12-15-11-16(32-3)8-10-19(15)27/h7-13,23H,6H2,1-5H3/b21-12-/t23-/m1/s1. The number of esters is 1. The molecule has 4 rings (SSSR count). The Morgan fingerprint density at radius 3 is 2.47 bits per heavy atom. The molecule has 0 saturated carbocycles. The second-order valence-corrected chi connectivity index (χ2v) is 9.66. The minimum Gasteiger partial charge on any atom is -0.497 e. The van der Waals surface area contributed by atoms with Crippen molar-refractivity contribution in [2.75, 3.05) is 27.9 Å². The van der Waals surface area contributed by atoms with E-state index in [-0.39, 0.29) is 17.7 Å². The van der Waals surface area contributed by atoms with Gasteiger partial charge in [0.2, 0.25) is 0 Å². The number of carbonyl (C=O) groups is 1. The minimum absolute atomic E-state index is 0.191. The van der Waals surface area contributed by atoms with Crippen molar-refractivity contribution in [3.63, 3.8) is 0 Å². The topological polar surface area (TPSA) is 88.4 Å². The fraction of sp³-hybridized carbons (Fsp3) is 0.269. The predicted octanol–water partition coefficient (Wildman–Crippen LogP) is 3.59. The van der Waals surface area contributed by atoms with Gasteiger partial charge in [0.15, 0.2) is 4.80 Å². The first-order valence-electron chi connectivity index (χ1n) is 11.1. The Kier molecular flexibility index (Phi) is 7.65. The fourth-order valence-electron chi connectivity index (χ4n) is 4.03. The zero-order valence-electron chi connectivity index (χ0n) is 20.5. The number of benzene rings is 2. The molecular weight excluding hydrogens is 548 g/mol. The normalized spacial score (nSPS) is 15.3. The van der Waals surface area contributed by atoms with Crippen molar-refractivity contribution < 1.29 is 23.7 Å². The van der Waals surface area contributed by atoms with Gasteiger partial charge < -0.3 is 18.9 Å². The van der Waals surface area contributed by atoms with Gasteiger partial charge in [0, 0.05) is 16.1 Å². The molecule has 36 heavy (non-hydrogen) atoms. The van der Waals surface area contributed by atoms with Crippen LogP contribution in [0.25, 0.3) is 6.08 Å². The number of allylic oxidation sites excluding steroid dienone is 1. The van der Waals surface area contributed by atoms with E-state index >= 15 is 0 Å². The van der Waals surface area contributed by atoms with Crippen LogP contribution in [0, 0.1) is 0 Å². The summed E-state index contributed by atoms with van der Waals surface area (Å²) in [6.07, 6.45) is 1.78. The molecule has 1 aliphatic heterocycles. The molecule has 0 fully saturated rings. The first-order valence-corrected chi connectivity index (χ1v) is 12.7. The quantitative estimate of drug-likeness (QED) is 0.402. The number of carbonyl (C=O) groups excluding carboxylic acids is 1. The van der Waals surface area contributed by atoms with E-state index < -0.39 is 12.0 Å². The van der Waals surface area contributed by atoms with Gasteiger partial charge in [-0.3, -0.25) is 9.36 Å². The molecule has 1 atom stereocenters.